The highest BCUT2D eigenvalue weighted by Crippen LogP contribution is 2.40. The molecule has 0 bridgehead atoms. The number of halogens is 1. The van der Waals surface area contributed by atoms with Gasteiger partial charge >= 0.3 is 0 Å². The summed E-state index contributed by atoms with van der Waals surface area (Å²) in [6.45, 7) is 2.17. The highest BCUT2D eigenvalue weighted by molar-refractivity contribution is 5.66. The van der Waals surface area contributed by atoms with Crippen LogP contribution >= 0.6 is 0 Å². The molecule has 10 heteroatoms. The molecule has 2 aliphatic carbocycles. The van der Waals surface area contributed by atoms with Gasteiger partial charge in [0.2, 0.25) is 0 Å². The maximum absolute atomic E-state index is 14.9. The highest BCUT2D eigenvalue weighted by Gasteiger charge is 2.41. The fourth-order valence-corrected chi connectivity index (χ4v) is 4.64. The van der Waals surface area contributed by atoms with Crippen molar-refractivity contribution in [3.05, 3.63) is 36.3 Å². The van der Waals surface area contributed by atoms with E-state index in [9.17, 15) is 9.50 Å². The van der Waals surface area contributed by atoms with Crippen LogP contribution in [0, 0.1) is 17.2 Å². The second kappa shape index (κ2) is 8.73. The third-order valence-corrected chi connectivity index (χ3v) is 6.63. The second-order valence-corrected chi connectivity index (χ2v) is 8.81. The topological polar surface area (TPSA) is 117 Å². The van der Waals surface area contributed by atoms with Gasteiger partial charge in [0, 0.05) is 12.1 Å². The average Bonchev–Trinajstić information content (AvgIpc) is 3.55. The number of phenolic OH excluding ortho intramolecular Hbond substituents is 1. The van der Waals surface area contributed by atoms with Crippen LogP contribution in [0.25, 0.3) is 17.1 Å². The Balaban J connectivity index is 1.39. The monoisotopic (exact) mass is 448 g/mol. The van der Waals surface area contributed by atoms with Crippen LogP contribution in [0.5, 0.6) is 5.75 Å². The SMILES string of the molecule is CC[C@@H]1CC[C@H](F)[C@H](N(c2cnc(-c3ccc(-n4cc(C#N)nn4)cc3O)nn2)C2CC2)C1. The zero-order valence-corrected chi connectivity index (χ0v) is 18.3. The number of nitriles is 1. The fourth-order valence-electron chi connectivity index (χ4n) is 4.64. The molecular weight excluding hydrogens is 423 g/mol. The smallest absolute Gasteiger partial charge is 0.185 e. The van der Waals surface area contributed by atoms with E-state index in [0.717, 1.165) is 32.1 Å². The number of anilines is 1. The predicted octanol–water partition coefficient (Wildman–Crippen LogP) is 3.58. The van der Waals surface area contributed by atoms with Gasteiger partial charge < -0.3 is 10.0 Å². The van der Waals surface area contributed by atoms with Crippen LogP contribution in [0.4, 0.5) is 10.2 Å². The van der Waals surface area contributed by atoms with E-state index in [2.05, 4.69) is 37.3 Å². The Morgan fingerprint density at radius 1 is 1.21 bits per heavy atom. The molecule has 2 fully saturated rings. The summed E-state index contributed by atoms with van der Waals surface area (Å²) in [5.41, 5.74) is 1.15. The minimum absolute atomic E-state index is 0.0444. The zero-order chi connectivity index (χ0) is 22.9. The molecule has 33 heavy (non-hydrogen) atoms. The van der Waals surface area contributed by atoms with Crippen LogP contribution in [0.2, 0.25) is 0 Å². The number of benzene rings is 1. The van der Waals surface area contributed by atoms with Crippen molar-refractivity contribution in [2.75, 3.05) is 4.90 Å². The first kappa shape index (κ1) is 21.2. The molecular formula is C23H25FN8O. The van der Waals surface area contributed by atoms with E-state index in [4.69, 9.17) is 5.26 Å². The molecule has 0 aliphatic heterocycles. The first-order valence-electron chi connectivity index (χ1n) is 11.4. The molecule has 0 spiro atoms. The van der Waals surface area contributed by atoms with Crippen LogP contribution in [-0.4, -0.2) is 53.5 Å². The lowest BCUT2D eigenvalue weighted by Gasteiger charge is -2.40. The minimum Gasteiger partial charge on any atom is -0.507 e. The number of nitrogens with zero attached hydrogens (tertiary/aromatic N) is 8. The lowest BCUT2D eigenvalue weighted by atomic mass is 9.82. The highest BCUT2D eigenvalue weighted by atomic mass is 19.1. The van der Waals surface area contributed by atoms with Gasteiger partial charge in [-0.25, -0.2) is 14.1 Å². The van der Waals surface area contributed by atoms with E-state index >= 15 is 0 Å². The van der Waals surface area contributed by atoms with Crippen LogP contribution < -0.4 is 4.90 Å². The molecule has 9 nitrogen and oxygen atoms in total. The number of alkyl halides is 1. The molecule has 3 aromatic rings. The zero-order valence-electron chi connectivity index (χ0n) is 18.3. The van der Waals surface area contributed by atoms with Crippen molar-refractivity contribution in [3.63, 3.8) is 0 Å². The first-order valence-corrected chi connectivity index (χ1v) is 11.4. The van der Waals surface area contributed by atoms with Crippen molar-refractivity contribution in [1.82, 2.24) is 30.2 Å². The molecule has 2 heterocycles. The van der Waals surface area contributed by atoms with Crippen molar-refractivity contribution in [2.45, 2.75) is 63.7 Å². The van der Waals surface area contributed by atoms with Gasteiger partial charge in [0.25, 0.3) is 0 Å². The Morgan fingerprint density at radius 2 is 2.06 bits per heavy atom. The normalized spacial score (nSPS) is 22.6. The second-order valence-electron chi connectivity index (χ2n) is 8.81. The maximum Gasteiger partial charge on any atom is 0.185 e. The van der Waals surface area contributed by atoms with Crippen molar-refractivity contribution < 1.29 is 9.50 Å². The third kappa shape index (κ3) is 4.23. The van der Waals surface area contributed by atoms with Gasteiger partial charge in [-0.15, -0.1) is 15.3 Å². The minimum atomic E-state index is -0.871. The molecule has 1 aromatic carbocycles. The first-order chi connectivity index (χ1) is 16.1. The molecule has 0 unspecified atom stereocenters. The van der Waals surface area contributed by atoms with E-state index < -0.39 is 6.17 Å². The molecule has 0 amide bonds. The summed E-state index contributed by atoms with van der Waals surface area (Å²) >= 11 is 0. The summed E-state index contributed by atoms with van der Waals surface area (Å²) in [6.07, 6.45) is 7.72. The molecule has 0 radical (unpaired) electrons. The number of aromatic hydroxyl groups is 1. The van der Waals surface area contributed by atoms with Gasteiger partial charge in [-0.3, -0.25) is 0 Å². The summed E-state index contributed by atoms with van der Waals surface area (Å²) in [4.78, 5) is 6.54. The van der Waals surface area contributed by atoms with Crippen LogP contribution in [0.3, 0.4) is 0 Å². The average molecular weight is 449 g/mol. The van der Waals surface area contributed by atoms with Crippen molar-refractivity contribution >= 4 is 5.82 Å². The lowest BCUT2D eigenvalue weighted by molar-refractivity contribution is 0.166. The lowest BCUT2D eigenvalue weighted by Crippen LogP contribution is -2.47. The van der Waals surface area contributed by atoms with Gasteiger partial charge in [0.15, 0.2) is 17.3 Å². The van der Waals surface area contributed by atoms with Crippen molar-refractivity contribution in [2.24, 2.45) is 5.92 Å². The molecule has 1 N–H and O–H groups in total. The number of hydrogen-bond donors (Lipinski definition) is 1. The molecule has 0 saturated heterocycles. The van der Waals surface area contributed by atoms with Gasteiger partial charge in [0.05, 0.1) is 29.7 Å². The summed E-state index contributed by atoms with van der Waals surface area (Å²) in [6, 6.07) is 6.90. The molecule has 3 atom stereocenters. The predicted molar refractivity (Wildman–Crippen MR) is 118 cm³/mol. The van der Waals surface area contributed by atoms with E-state index in [1.165, 1.54) is 16.9 Å². The van der Waals surface area contributed by atoms with E-state index in [0.29, 0.717) is 35.4 Å². The molecule has 2 aromatic heterocycles. The number of hydrogen-bond acceptors (Lipinski definition) is 8. The molecule has 170 valence electrons. The van der Waals surface area contributed by atoms with Crippen LogP contribution in [0.1, 0.15) is 51.1 Å². The van der Waals surface area contributed by atoms with Crippen molar-refractivity contribution in [1.29, 1.82) is 5.26 Å². The Hall–Kier alpha value is -3.61. The van der Waals surface area contributed by atoms with Gasteiger partial charge in [-0.1, -0.05) is 18.6 Å². The fraction of sp³-hybridized carbons (Fsp3) is 0.478. The number of aromatic nitrogens is 6. The van der Waals surface area contributed by atoms with Gasteiger partial charge in [-0.05, 0) is 50.2 Å². The molecule has 5 rings (SSSR count). The maximum atomic E-state index is 14.9. The largest absolute Gasteiger partial charge is 0.507 e. The van der Waals surface area contributed by atoms with Crippen molar-refractivity contribution in [3.8, 4) is 28.9 Å². The summed E-state index contributed by atoms with van der Waals surface area (Å²) in [5, 5.41) is 35.7. The molecule has 2 aliphatic rings. The van der Waals surface area contributed by atoms with Crippen LogP contribution in [0.15, 0.2) is 30.6 Å². The Bertz CT molecular complexity index is 1170. The Morgan fingerprint density at radius 3 is 2.70 bits per heavy atom. The summed E-state index contributed by atoms with van der Waals surface area (Å²) in [5.74, 6) is 1.36. The van der Waals surface area contributed by atoms with Crippen LogP contribution in [-0.2, 0) is 0 Å². The Labute approximate surface area is 190 Å². The van der Waals surface area contributed by atoms with E-state index in [-0.39, 0.29) is 23.3 Å². The quantitative estimate of drug-likeness (QED) is 0.608. The third-order valence-electron chi connectivity index (χ3n) is 6.63. The summed E-state index contributed by atoms with van der Waals surface area (Å²) in [7, 11) is 0. The number of phenols is 1. The van der Waals surface area contributed by atoms with Gasteiger partial charge in [-0.2, -0.15) is 5.26 Å². The standard InChI is InChI=1S/C23H25FN8O/c1-2-14-3-8-19(24)20(9-14)32(16-4-5-16)22-12-26-23(29-28-22)18-7-6-17(10-21(18)33)31-13-15(11-25)27-30-31/h6-7,10,12-14,16,19-20,33H,2-5,8-9H2,1H3/t14-,19+,20-/m1/s1. The molecule has 2 saturated carbocycles. The summed E-state index contributed by atoms with van der Waals surface area (Å²) < 4.78 is 16.3. The van der Waals surface area contributed by atoms with E-state index in [1.807, 2.05) is 6.07 Å². The number of rotatable bonds is 6. The van der Waals surface area contributed by atoms with Gasteiger partial charge in [0.1, 0.15) is 18.0 Å². The van der Waals surface area contributed by atoms with E-state index in [1.54, 1.807) is 18.3 Å². The Kier molecular flexibility index (Phi) is 5.62.